The van der Waals surface area contributed by atoms with E-state index in [9.17, 15) is 0 Å². The zero-order chi connectivity index (χ0) is 9.52. The first-order valence-corrected chi connectivity index (χ1v) is 4.24. The molecular formula is C10H16N4. The molecule has 0 bridgehead atoms. The van der Waals surface area contributed by atoms with Crippen molar-refractivity contribution in [3.8, 4) is 11.4 Å². The van der Waals surface area contributed by atoms with Crippen LogP contribution in [-0.4, -0.2) is 20.4 Å². The van der Waals surface area contributed by atoms with Crippen LogP contribution in [-0.2, 0) is 0 Å². The van der Waals surface area contributed by atoms with Crippen LogP contribution < -0.4 is 0 Å². The van der Waals surface area contributed by atoms with Crippen LogP contribution in [0.3, 0.4) is 0 Å². The number of rotatable bonds is 1. The lowest BCUT2D eigenvalue weighted by atomic mass is 10.3. The van der Waals surface area contributed by atoms with Gasteiger partial charge in [-0.15, -0.1) is 0 Å². The molecule has 0 unspecified atom stereocenters. The van der Waals surface area contributed by atoms with Gasteiger partial charge in [0.1, 0.15) is 5.69 Å². The van der Waals surface area contributed by atoms with Crippen LogP contribution >= 0.6 is 0 Å². The predicted octanol–water partition coefficient (Wildman–Crippen LogP) is 2.53. The first kappa shape index (κ1) is 12.3. The summed E-state index contributed by atoms with van der Waals surface area (Å²) < 4.78 is 0. The number of hydrogen-bond acceptors (Lipinski definition) is 3. The Balaban J connectivity index is 0.000000531. The normalized spacial score (nSPS) is 8.14. The highest BCUT2D eigenvalue weighted by molar-refractivity contribution is 5.50. The van der Waals surface area contributed by atoms with Crippen LogP contribution in [0.5, 0.6) is 0 Å². The van der Waals surface area contributed by atoms with Crippen molar-refractivity contribution in [1.29, 1.82) is 0 Å². The second-order valence-electron chi connectivity index (χ2n) is 2.07. The molecule has 2 aromatic heterocycles. The molecule has 2 rings (SSSR count). The minimum absolute atomic E-state index is 0. The van der Waals surface area contributed by atoms with Gasteiger partial charge in [-0.25, -0.2) is 0 Å². The van der Waals surface area contributed by atoms with E-state index in [2.05, 4.69) is 20.4 Å². The van der Waals surface area contributed by atoms with Crippen molar-refractivity contribution in [1.82, 2.24) is 20.4 Å². The smallest absolute Gasteiger partial charge is 0.131 e. The van der Waals surface area contributed by atoms with Crippen LogP contribution in [0, 0.1) is 0 Å². The fourth-order valence-corrected chi connectivity index (χ4v) is 0.839. The Morgan fingerprint density at radius 3 is 2.43 bits per heavy atom. The molecule has 76 valence electrons. The van der Waals surface area contributed by atoms with Crippen molar-refractivity contribution in [2.75, 3.05) is 0 Å². The van der Waals surface area contributed by atoms with Gasteiger partial charge in [0.05, 0.1) is 11.9 Å². The van der Waals surface area contributed by atoms with E-state index in [-0.39, 0.29) is 7.43 Å². The largest absolute Gasteiger partial charge is 0.254 e. The van der Waals surface area contributed by atoms with Gasteiger partial charge in [0.2, 0.25) is 0 Å². The average Bonchev–Trinajstić information content (AvgIpc) is 2.75. The standard InChI is InChI=1S/C7H6N4.C2H6.CH4/c1-2-4-8-6(3-1)7-5-9-11-10-7;1-2;/h1-5H,(H,9,10,11);1-2H3;1H4. The molecular weight excluding hydrogens is 176 g/mol. The van der Waals surface area contributed by atoms with Gasteiger partial charge >= 0.3 is 0 Å². The lowest BCUT2D eigenvalue weighted by Gasteiger charge is -1.89. The molecule has 0 atom stereocenters. The number of aromatic amines is 1. The topological polar surface area (TPSA) is 54.5 Å². The summed E-state index contributed by atoms with van der Waals surface area (Å²) in [4.78, 5) is 4.10. The summed E-state index contributed by atoms with van der Waals surface area (Å²) in [6.45, 7) is 4.00. The maximum absolute atomic E-state index is 4.10. The first-order valence-electron chi connectivity index (χ1n) is 4.24. The minimum Gasteiger partial charge on any atom is -0.254 e. The lowest BCUT2D eigenvalue weighted by molar-refractivity contribution is 0.941. The highest BCUT2D eigenvalue weighted by atomic mass is 15.3. The van der Waals surface area contributed by atoms with Crippen molar-refractivity contribution in [3.63, 3.8) is 0 Å². The van der Waals surface area contributed by atoms with E-state index in [1.54, 1.807) is 12.4 Å². The molecule has 0 aromatic carbocycles. The number of nitrogens with zero attached hydrogens (tertiary/aromatic N) is 3. The summed E-state index contributed by atoms with van der Waals surface area (Å²) in [7, 11) is 0. The molecule has 0 saturated carbocycles. The van der Waals surface area contributed by atoms with Crippen LogP contribution in [0.15, 0.2) is 30.6 Å². The summed E-state index contributed by atoms with van der Waals surface area (Å²) in [5.74, 6) is 0. The molecule has 4 heteroatoms. The van der Waals surface area contributed by atoms with Crippen LogP contribution in [0.4, 0.5) is 0 Å². The SMILES string of the molecule is C.CC.c1ccc(-c2cn[nH]n2)nc1. The van der Waals surface area contributed by atoms with Crippen molar-refractivity contribution in [3.05, 3.63) is 30.6 Å². The van der Waals surface area contributed by atoms with E-state index < -0.39 is 0 Å². The Hall–Kier alpha value is -1.71. The molecule has 4 nitrogen and oxygen atoms in total. The Morgan fingerprint density at radius 1 is 1.14 bits per heavy atom. The quantitative estimate of drug-likeness (QED) is 0.755. The summed E-state index contributed by atoms with van der Waals surface area (Å²) in [5, 5.41) is 10.1. The number of pyridine rings is 1. The van der Waals surface area contributed by atoms with Crippen LogP contribution in [0.25, 0.3) is 11.4 Å². The fourth-order valence-electron chi connectivity index (χ4n) is 0.839. The molecule has 0 aliphatic carbocycles. The lowest BCUT2D eigenvalue weighted by Crippen LogP contribution is -1.80. The van der Waals surface area contributed by atoms with Gasteiger partial charge < -0.3 is 0 Å². The monoisotopic (exact) mass is 192 g/mol. The number of nitrogens with one attached hydrogen (secondary N) is 1. The minimum atomic E-state index is 0. The molecule has 0 amide bonds. The Labute approximate surface area is 84.4 Å². The first-order chi connectivity index (χ1) is 6.47. The molecule has 2 heterocycles. The maximum atomic E-state index is 4.10. The van der Waals surface area contributed by atoms with Gasteiger partial charge in [0.25, 0.3) is 0 Å². The van der Waals surface area contributed by atoms with E-state index in [0.29, 0.717) is 0 Å². The molecule has 0 aliphatic rings. The molecule has 0 fully saturated rings. The zero-order valence-corrected chi connectivity index (χ0v) is 7.73. The van der Waals surface area contributed by atoms with Crippen LogP contribution in [0.2, 0.25) is 0 Å². The Bertz CT molecular complexity index is 315. The van der Waals surface area contributed by atoms with Gasteiger partial charge in [0, 0.05) is 6.20 Å². The van der Waals surface area contributed by atoms with E-state index in [1.807, 2.05) is 32.0 Å². The zero-order valence-electron chi connectivity index (χ0n) is 7.73. The van der Waals surface area contributed by atoms with Gasteiger partial charge in [0.15, 0.2) is 0 Å². The number of hydrogen-bond donors (Lipinski definition) is 1. The Morgan fingerprint density at radius 2 is 1.93 bits per heavy atom. The second kappa shape index (κ2) is 6.77. The van der Waals surface area contributed by atoms with Gasteiger partial charge in [-0.2, -0.15) is 15.4 Å². The van der Waals surface area contributed by atoms with E-state index in [1.165, 1.54) is 0 Å². The average molecular weight is 192 g/mol. The number of aromatic nitrogens is 4. The molecule has 0 spiro atoms. The fraction of sp³-hybridized carbons (Fsp3) is 0.300. The van der Waals surface area contributed by atoms with Crippen LogP contribution in [0.1, 0.15) is 21.3 Å². The third kappa shape index (κ3) is 2.97. The summed E-state index contributed by atoms with van der Waals surface area (Å²) in [6.07, 6.45) is 3.37. The van der Waals surface area contributed by atoms with E-state index in [4.69, 9.17) is 0 Å². The van der Waals surface area contributed by atoms with Gasteiger partial charge in [-0.3, -0.25) is 4.98 Å². The molecule has 0 radical (unpaired) electrons. The molecule has 1 N–H and O–H groups in total. The molecule has 0 saturated heterocycles. The molecule has 0 aliphatic heterocycles. The van der Waals surface area contributed by atoms with Gasteiger partial charge in [-0.05, 0) is 12.1 Å². The third-order valence-corrected chi connectivity index (χ3v) is 1.34. The van der Waals surface area contributed by atoms with Crippen molar-refractivity contribution in [2.45, 2.75) is 21.3 Å². The highest BCUT2D eigenvalue weighted by Crippen LogP contribution is 2.09. The summed E-state index contributed by atoms with van der Waals surface area (Å²) in [5.41, 5.74) is 1.60. The van der Waals surface area contributed by atoms with Crippen molar-refractivity contribution in [2.24, 2.45) is 0 Å². The van der Waals surface area contributed by atoms with E-state index in [0.717, 1.165) is 11.4 Å². The summed E-state index contributed by atoms with van der Waals surface area (Å²) in [6, 6.07) is 5.67. The third-order valence-electron chi connectivity index (χ3n) is 1.34. The van der Waals surface area contributed by atoms with E-state index >= 15 is 0 Å². The summed E-state index contributed by atoms with van der Waals surface area (Å²) >= 11 is 0. The van der Waals surface area contributed by atoms with Crippen molar-refractivity contribution < 1.29 is 0 Å². The number of H-pyrrole nitrogens is 1. The van der Waals surface area contributed by atoms with Crippen molar-refractivity contribution >= 4 is 0 Å². The Kier molecular flexibility index (Phi) is 5.94. The predicted molar refractivity (Wildman–Crippen MR) is 57.7 cm³/mol. The van der Waals surface area contributed by atoms with Gasteiger partial charge in [-0.1, -0.05) is 27.3 Å². The second-order valence-corrected chi connectivity index (χ2v) is 2.07. The highest BCUT2D eigenvalue weighted by Gasteiger charge is 1.98. The maximum Gasteiger partial charge on any atom is 0.131 e. The molecule has 2 aromatic rings. The molecule has 14 heavy (non-hydrogen) atoms.